The number of carbonyl (C=O) groups excluding carboxylic acids is 2. The van der Waals surface area contributed by atoms with E-state index in [-0.39, 0.29) is 30.9 Å². The molecular weight excluding hydrogens is 570 g/mol. The van der Waals surface area contributed by atoms with E-state index in [1.807, 2.05) is 13.8 Å². The molecule has 0 unspecified atom stereocenters. The van der Waals surface area contributed by atoms with Crippen LogP contribution in [0.5, 0.6) is 0 Å². The molecule has 0 bridgehead atoms. The average molecular weight is 594 g/mol. The maximum absolute atomic E-state index is 13.8. The Morgan fingerprint density at radius 1 is 0.925 bits per heavy atom. The molecule has 0 aliphatic carbocycles. The van der Waals surface area contributed by atoms with Crippen LogP contribution < -0.4 is 15.5 Å². The number of nitrogens with zero attached hydrogens (tertiary/aromatic N) is 1. The first kappa shape index (κ1) is 28.2. The van der Waals surface area contributed by atoms with Crippen LogP contribution in [0.2, 0.25) is 10.0 Å². The minimum atomic E-state index is -4.48. The molecule has 3 amide bonds. The summed E-state index contributed by atoms with van der Waals surface area (Å²) >= 11 is 12.2. The van der Waals surface area contributed by atoms with Crippen molar-refractivity contribution >= 4 is 52.2 Å². The zero-order valence-corrected chi connectivity index (χ0v) is 22.9. The Kier molecular flexibility index (Phi) is 7.24. The fraction of sp³-hybridized carbons (Fsp3) is 0.286. The van der Waals surface area contributed by atoms with Crippen molar-refractivity contribution < 1.29 is 32.2 Å². The van der Waals surface area contributed by atoms with Crippen LogP contribution in [0.3, 0.4) is 0 Å². The minimum Gasteiger partial charge on any atom is -0.338 e. The number of ether oxygens (including phenoxy) is 2. The van der Waals surface area contributed by atoms with Gasteiger partial charge in [-0.1, -0.05) is 43.1 Å². The number of carbonyl (C=O) groups is 2. The molecule has 7 nitrogen and oxygen atoms in total. The summed E-state index contributed by atoms with van der Waals surface area (Å²) in [5.41, 5.74) is 1.04. The number of hydrogen-bond donors (Lipinski definition) is 2. The van der Waals surface area contributed by atoms with Crippen molar-refractivity contribution in [1.82, 2.24) is 0 Å². The van der Waals surface area contributed by atoms with Crippen molar-refractivity contribution in [3.63, 3.8) is 0 Å². The fourth-order valence-electron chi connectivity index (χ4n) is 4.48. The molecule has 2 aliphatic heterocycles. The van der Waals surface area contributed by atoms with Crippen molar-refractivity contribution in [3.05, 3.63) is 87.4 Å². The van der Waals surface area contributed by atoms with E-state index in [2.05, 4.69) is 10.6 Å². The first-order valence-electron chi connectivity index (χ1n) is 12.2. The molecule has 40 heavy (non-hydrogen) atoms. The van der Waals surface area contributed by atoms with Gasteiger partial charge in [-0.15, -0.1) is 0 Å². The van der Waals surface area contributed by atoms with Gasteiger partial charge in [0.25, 0.3) is 11.7 Å². The van der Waals surface area contributed by atoms with E-state index in [0.29, 0.717) is 27.0 Å². The minimum absolute atomic E-state index is 0.168. The maximum atomic E-state index is 13.8. The molecule has 0 saturated carbocycles. The van der Waals surface area contributed by atoms with E-state index < -0.39 is 29.5 Å². The lowest BCUT2D eigenvalue weighted by Crippen LogP contribution is -2.51. The SMILES string of the molecule is CC1(C)COC2(OC1)C(=O)N(Cc1ccc(Cl)c(Cl)c1)c1ccc(NC(=O)Nc3ccc(C(F)(F)F)cc3)cc12. The van der Waals surface area contributed by atoms with E-state index in [0.717, 1.165) is 29.8 Å². The Labute approximate surface area is 238 Å². The quantitative estimate of drug-likeness (QED) is 0.330. The van der Waals surface area contributed by atoms with Crippen LogP contribution in [-0.2, 0) is 32.8 Å². The second kappa shape index (κ2) is 10.3. The van der Waals surface area contributed by atoms with Crippen molar-refractivity contribution in [2.75, 3.05) is 28.7 Å². The summed E-state index contributed by atoms with van der Waals surface area (Å²) in [6.45, 7) is 4.59. The summed E-state index contributed by atoms with van der Waals surface area (Å²) in [7, 11) is 0. The van der Waals surface area contributed by atoms with Gasteiger partial charge in [0.05, 0.1) is 41.1 Å². The first-order chi connectivity index (χ1) is 18.8. The number of hydrogen-bond acceptors (Lipinski definition) is 4. The third kappa shape index (κ3) is 5.49. The lowest BCUT2D eigenvalue weighted by atomic mass is 9.93. The van der Waals surface area contributed by atoms with Crippen LogP contribution in [0.1, 0.15) is 30.5 Å². The van der Waals surface area contributed by atoms with Crippen LogP contribution in [0.25, 0.3) is 0 Å². The van der Waals surface area contributed by atoms with E-state index in [4.69, 9.17) is 32.7 Å². The standard InChI is InChI=1S/C28H24Cl2F3N3O4/c1-26(2)14-39-27(40-15-26)20-12-19(35-25(38)34-18-6-4-17(5-7-18)28(31,32)33)8-10-23(20)36(24(27)37)13-16-3-9-21(29)22(30)11-16/h3-12H,13-15H2,1-2H3,(H2,34,35,38). The van der Waals surface area contributed by atoms with E-state index in [1.165, 1.54) is 4.90 Å². The summed E-state index contributed by atoms with van der Waals surface area (Å²) in [5.74, 6) is -2.13. The summed E-state index contributed by atoms with van der Waals surface area (Å²) in [6, 6.07) is 13.3. The highest BCUT2D eigenvalue weighted by Crippen LogP contribution is 2.49. The van der Waals surface area contributed by atoms with Crippen LogP contribution in [0, 0.1) is 5.41 Å². The van der Waals surface area contributed by atoms with Gasteiger partial charge >= 0.3 is 12.2 Å². The largest absolute Gasteiger partial charge is 0.416 e. The van der Waals surface area contributed by atoms with Crippen LogP contribution in [0.15, 0.2) is 60.7 Å². The van der Waals surface area contributed by atoms with Crippen molar-refractivity contribution in [3.8, 4) is 0 Å². The Balaban J connectivity index is 1.41. The zero-order chi connectivity index (χ0) is 28.9. The zero-order valence-electron chi connectivity index (χ0n) is 21.4. The number of alkyl halides is 3. The molecule has 1 saturated heterocycles. The smallest absolute Gasteiger partial charge is 0.338 e. The number of halogens is 5. The Morgan fingerprint density at radius 2 is 1.55 bits per heavy atom. The summed E-state index contributed by atoms with van der Waals surface area (Å²) in [6.07, 6.45) is -4.48. The molecule has 0 radical (unpaired) electrons. The van der Waals surface area contributed by atoms with Gasteiger partial charge in [-0.05, 0) is 60.2 Å². The molecule has 2 N–H and O–H groups in total. The molecule has 210 valence electrons. The molecule has 5 rings (SSSR count). The summed E-state index contributed by atoms with van der Waals surface area (Å²) in [5, 5.41) is 5.89. The topological polar surface area (TPSA) is 79.9 Å². The van der Waals surface area contributed by atoms with Crippen molar-refractivity contribution in [1.29, 1.82) is 0 Å². The Morgan fingerprint density at radius 3 is 2.17 bits per heavy atom. The molecule has 3 aromatic rings. The number of benzene rings is 3. The molecule has 1 fully saturated rings. The highest BCUT2D eigenvalue weighted by atomic mass is 35.5. The molecule has 2 heterocycles. The van der Waals surface area contributed by atoms with Gasteiger partial charge in [-0.3, -0.25) is 4.79 Å². The highest BCUT2D eigenvalue weighted by Gasteiger charge is 2.57. The summed E-state index contributed by atoms with van der Waals surface area (Å²) in [4.78, 5) is 28.0. The van der Waals surface area contributed by atoms with Crippen LogP contribution in [-0.4, -0.2) is 25.2 Å². The van der Waals surface area contributed by atoms with Gasteiger partial charge in [-0.25, -0.2) is 4.79 Å². The second-order valence-corrected chi connectivity index (χ2v) is 11.2. The fourth-order valence-corrected chi connectivity index (χ4v) is 4.81. The number of rotatable bonds is 4. The number of anilines is 3. The average Bonchev–Trinajstić information content (AvgIpc) is 3.10. The number of urea groups is 1. The number of nitrogens with one attached hydrogen (secondary N) is 2. The third-order valence-corrected chi connectivity index (χ3v) is 7.29. The molecule has 2 aliphatic rings. The van der Waals surface area contributed by atoms with Gasteiger partial charge in [0, 0.05) is 22.4 Å². The Bertz CT molecular complexity index is 1470. The van der Waals surface area contributed by atoms with Gasteiger partial charge in [-0.2, -0.15) is 13.2 Å². The summed E-state index contributed by atoms with van der Waals surface area (Å²) < 4.78 is 50.7. The molecule has 0 atom stereocenters. The monoisotopic (exact) mass is 593 g/mol. The molecule has 0 aromatic heterocycles. The van der Waals surface area contributed by atoms with E-state index in [9.17, 15) is 22.8 Å². The molecule has 12 heteroatoms. The highest BCUT2D eigenvalue weighted by molar-refractivity contribution is 6.42. The maximum Gasteiger partial charge on any atom is 0.416 e. The number of amides is 3. The van der Waals surface area contributed by atoms with Gasteiger partial charge in [0.1, 0.15) is 0 Å². The Hall–Kier alpha value is -3.31. The second-order valence-electron chi connectivity index (χ2n) is 10.4. The van der Waals surface area contributed by atoms with Crippen molar-refractivity contribution in [2.45, 2.75) is 32.4 Å². The van der Waals surface area contributed by atoms with Gasteiger partial charge in [0.15, 0.2) is 0 Å². The lowest BCUT2D eigenvalue weighted by molar-refractivity contribution is -0.286. The van der Waals surface area contributed by atoms with E-state index >= 15 is 0 Å². The lowest BCUT2D eigenvalue weighted by Gasteiger charge is -2.40. The predicted molar refractivity (Wildman–Crippen MR) is 146 cm³/mol. The molecule has 3 aromatic carbocycles. The van der Waals surface area contributed by atoms with Gasteiger partial charge in [0.2, 0.25) is 0 Å². The first-order valence-corrected chi connectivity index (χ1v) is 13.0. The normalized spacial score (nSPS) is 17.6. The van der Waals surface area contributed by atoms with Crippen molar-refractivity contribution in [2.24, 2.45) is 5.41 Å². The number of fused-ring (bicyclic) bond motifs is 2. The molecular formula is C28H24Cl2F3N3O4. The predicted octanol–water partition coefficient (Wildman–Crippen LogP) is 7.43. The van der Waals surface area contributed by atoms with Crippen LogP contribution >= 0.6 is 23.2 Å². The molecule has 1 spiro atoms. The van der Waals surface area contributed by atoms with E-state index in [1.54, 1.807) is 36.4 Å². The van der Waals surface area contributed by atoms with Crippen LogP contribution in [0.4, 0.5) is 35.0 Å². The third-order valence-electron chi connectivity index (χ3n) is 6.55. The van der Waals surface area contributed by atoms with Gasteiger partial charge < -0.3 is 25.0 Å².